The molecule has 0 radical (unpaired) electrons. The van der Waals surface area contributed by atoms with Crippen molar-refractivity contribution in [2.45, 2.75) is 19.6 Å². The van der Waals surface area contributed by atoms with Gasteiger partial charge in [-0.1, -0.05) is 35.9 Å². The molecule has 0 saturated carbocycles. The minimum atomic E-state index is 0.552. The number of halogens is 1. The van der Waals surface area contributed by atoms with Crippen LogP contribution in [-0.4, -0.2) is 32.1 Å². The molecule has 0 spiro atoms. The second-order valence-electron chi connectivity index (χ2n) is 5.90. The van der Waals surface area contributed by atoms with Crippen molar-refractivity contribution in [3.8, 4) is 5.75 Å². The van der Waals surface area contributed by atoms with Crippen LogP contribution in [0.25, 0.3) is 0 Å². The summed E-state index contributed by atoms with van der Waals surface area (Å²) in [6.07, 6.45) is 1.15. The molecule has 0 bridgehead atoms. The molecule has 2 rings (SSSR count). The standard InChI is InChI=1S/C19H25ClN2O/c1-22(2)12-4-11-21-14-17-5-3-6-19(13-17)23-15-16-7-9-18(20)10-8-16/h3,5-10,13,21H,4,11-12,14-15H2,1-2H3. The number of hydrogen-bond acceptors (Lipinski definition) is 3. The van der Waals surface area contributed by atoms with Crippen LogP contribution in [0.2, 0.25) is 5.02 Å². The van der Waals surface area contributed by atoms with Crippen LogP contribution in [0.1, 0.15) is 17.5 Å². The van der Waals surface area contributed by atoms with E-state index in [0.717, 1.165) is 42.4 Å². The molecular weight excluding hydrogens is 308 g/mol. The van der Waals surface area contributed by atoms with Gasteiger partial charge in [-0.3, -0.25) is 0 Å². The second kappa shape index (κ2) is 9.56. The predicted molar refractivity (Wildman–Crippen MR) is 97.1 cm³/mol. The fourth-order valence-electron chi connectivity index (χ4n) is 2.25. The fourth-order valence-corrected chi connectivity index (χ4v) is 2.37. The van der Waals surface area contributed by atoms with Crippen LogP contribution in [0.15, 0.2) is 48.5 Å². The highest BCUT2D eigenvalue weighted by atomic mass is 35.5. The second-order valence-corrected chi connectivity index (χ2v) is 6.33. The number of rotatable bonds is 9. The predicted octanol–water partition coefficient (Wildman–Crippen LogP) is 3.96. The van der Waals surface area contributed by atoms with Gasteiger partial charge in [-0.15, -0.1) is 0 Å². The zero-order chi connectivity index (χ0) is 16.5. The Hall–Kier alpha value is -1.55. The lowest BCUT2D eigenvalue weighted by Gasteiger charge is -2.11. The van der Waals surface area contributed by atoms with Gasteiger partial charge in [0.15, 0.2) is 0 Å². The van der Waals surface area contributed by atoms with E-state index in [-0.39, 0.29) is 0 Å². The van der Waals surface area contributed by atoms with Gasteiger partial charge in [-0.2, -0.15) is 0 Å². The molecule has 0 heterocycles. The van der Waals surface area contributed by atoms with Crippen LogP contribution in [-0.2, 0) is 13.2 Å². The molecule has 3 nitrogen and oxygen atoms in total. The van der Waals surface area contributed by atoms with E-state index in [2.05, 4.69) is 36.4 Å². The maximum atomic E-state index is 5.89. The number of nitrogens with zero attached hydrogens (tertiary/aromatic N) is 1. The molecule has 124 valence electrons. The van der Waals surface area contributed by atoms with Crippen molar-refractivity contribution in [2.24, 2.45) is 0 Å². The van der Waals surface area contributed by atoms with Gasteiger partial charge < -0.3 is 15.0 Å². The molecule has 0 atom stereocenters. The number of hydrogen-bond donors (Lipinski definition) is 1. The monoisotopic (exact) mass is 332 g/mol. The summed E-state index contributed by atoms with van der Waals surface area (Å²) in [7, 11) is 4.20. The first-order chi connectivity index (χ1) is 11.1. The van der Waals surface area contributed by atoms with Crippen molar-refractivity contribution < 1.29 is 4.74 Å². The summed E-state index contributed by atoms with van der Waals surface area (Å²) in [4.78, 5) is 2.20. The van der Waals surface area contributed by atoms with E-state index in [1.54, 1.807) is 0 Å². The summed E-state index contributed by atoms with van der Waals surface area (Å²) < 4.78 is 5.85. The normalized spacial score (nSPS) is 11.0. The smallest absolute Gasteiger partial charge is 0.120 e. The third-order valence-corrected chi connectivity index (χ3v) is 3.76. The Morgan fingerprint density at radius 2 is 1.83 bits per heavy atom. The third kappa shape index (κ3) is 7.04. The van der Waals surface area contributed by atoms with Gasteiger partial charge in [0.2, 0.25) is 0 Å². The zero-order valence-corrected chi connectivity index (χ0v) is 14.6. The Bertz CT molecular complexity index is 584. The Kier molecular flexibility index (Phi) is 7.40. The van der Waals surface area contributed by atoms with Crippen LogP contribution in [0.5, 0.6) is 5.75 Å². The van der Waals surface area contributed by atoms with Gasteiger partial charge in [0.1, 0.15) is 12.4 Å². The minimum absolute atomic E-state index is 0.552. The summed E-state index contributed by atoms with van der Waals surface area (Å²) in [5.41, 5.74) is 2.35. The van der Waals surface area contributed by atoms with E-state index in [0.29, 0.717) is 6.61 Å². The summed E-state index contributed by atoms with van der Waals surface area (Å²) in [5.74, 6) is 0.896. The van der Waals surface area contributed by atoms with Crippen LogP contribution in [0.4, 0.5) is 0 Å². The van der Waals surface area contributed by atoms with E-state index in [9.17, 15) is 0 Å². The Morgan fingerprint density at radius 1 is 1.04 bits per heavy atom. The van der Waals surface area contributed by atoms with E-state index in [1.165, 1.54) is 5.56 Å². The molecular formula is C19H25ClN2O. The molecule has 23 heavy (non-hydrogen) atoms. The van der Waals surface area contributed by atoms with Crippen molar-refractivity contribution in [1.29, 1.82) is 0 Å². The summed E-state index contributed by atoms with van der Waals surface area (Å²) in [6, 6.07) is 16.0. The maximum absolute atomic E-state index is 5.89. The highest BCUT2D eigenvalue weighted by molar-refractivity contribution is 6.30. The van der Waals surface area contributed by atoms with Crippen molar-refractivity contribution in [3.63, 3.8) is 0 Å². The SMILES string of the molecule is CN(C)CCCNCc1cccc(OCc2ccc(Cl)cc2)c1. The molecule has 0 aliphatic rings. The molecule has 0 fully saturated rings. The van der Waals surface area contributed by atoms with Gasteiger partial charge in [-0.25, -0.2) is 0 Å². The molecule has 0 aromatic heterocycles. The number of benzene rings is 2. The molecule has 2 aromatic rings. The van der Waals surface area contributed by atoms with Crippen LogP contribution in [0.3, 0.4) is 0 Å². The summed E-state index contributed by atoms with van der Waals surface area (Å²) in [6.45, 7) is 3.55. The lowest BCUT2D eigenvalue weighted by atomic mass is 10.2. The van der Waals surface area contributed by atoms with E-state index in [1.807, 2.05) is 36.4 Å². The maximum Gasteiger partial charge on any atom is 0.120 e. The fraction of sp³-hybridized carbons (Fsp3) is 0.368. The molecule has 0 unspecified atom stereocenters. The van der Waals surface area contributed by atoms with Crippen molar-refractivity contribution >= 4 is 11.6 Å². The first-order valence-corrected chi connectivity index (χ1v) is 8.33. The Morgan fingerprint density at radius 3 is 2.57 bits per heavy atom. The molecule has 1 N–H and O–H groups in total. The summed E-state index contributed by atoms with van der Waals surface area (Å²) >= 11 is 5.89. The minimum Gasteiger partial charge on any atom is -0.489 e. The van der Waals surface area contributed by atoms with Crippen LogP contribution >= 0.6 is 11.6 Å². The Labute approximate surface area is 144 Å². The average molecular weight is 333 g/mol. The zero-order valence-electron chi connectivity index (χ0n) is 13.9. The molecule has 4 heteroatoms. The topological polar surface area (TPSA) is 24.5 Å². The largest absolute Gasteiger partial charge is 0.489 e. The third-order valence-electron chi connectivity index (χ3n) is 3.51. The highest BCUT2D eigenvalue weighted by Crippen LogP contribution is 2.16. The van der Waals surface area contributed by atoms with E-state index in [4.69, 9.17) is 16.3 Å². The van der Waals surface area contributed by atoms with Crippen molar-refractivity contribution in [3.05, 3.63) is 64.7 Å². The van der Waals surface area contributed by atoms with Crippen LogP contribution in [0, 0.1) is 0 Å². The van der Waals surface area contributed by atoms with Gasteiger partial charge in [0.05, 0.1) is 0 Å². The number of ether oxygens (including phenoxy) is 1. The van der Waals surface area contributed by atoms with Gasteiger partial charge in [0.25, 0.3) is 0 Å². The molecule has 0 saturated heterocycles. The van der Waals surface area contributed by atoms with Crippen LogP contribution < -0.4 is 10.1 Å². The van der Waals surface area contributed by atoms with Gasteiger partial charge >= 0.3 is 0 Å². The Balaban J connectivity index is 1.76. The first kappa shape index (κ1) is 17.8. The molecule has 0 amide bonds. The van der Waals surface area contributed by atoms with E-state index < -0.39 is 0 Å². The number of nitrogens with one attached hydrogen (secondary N) is 1. The summed E-state index contributed by atoms with van der Waals surface area (Å²) in [5, 5.41) is 4.21. The van der Waals surface area contributed by atoms with Gasteiger partial charge in [-0.05, 0) is 69.0 Å². The lowest BCUT2D eigenvalue weighted by Crippen LogP contribution is -2.20. The van der Waals surface area contributed by atoms with Crippen molar-refractivity contribution in [2.75, 3.05) is 27.2 Å². The molecule has 0 aliphatic heterocycles. The lowest BCUT2D eigenvalue weighted by molar-refractivity contribution is 0.306. The average Bonchev–Trinajstić information content (AvgIpc) is 2.54. The van der Waals surface area contributed by atoms with E-state index >= 15 is 0 Å². The molecule has 0 aliphatic carbocycles. The van der Waals surface area contributed by atoms with Gasteiger partial charge in [0, 0.05) is 11.6 Å². The highest BCUT2D eigenvalue weighted by Gasteiger charge is 1.99. The quantitative estimate of drug-likeness (QED) is 0.703. The van der Waals surface area contributed by atoms with Crippen molar-refractivity contribution in [1.82, 2.24) is 10.2 Å². The molecule has 2 aromatic carbocycles. The first-order valence-electron chi connectivity index (χ1n) is 7.95.